The Labute approximate surface area is 214 Å². The molecule has 5 rings (SSSR count). The van der Waals surface area contributed by atoms with Crippen LogP contribution in [0.25, 0.3) is 0 Å². The summed E-state index contributed by atoms with van der Waals surface area (Å²) in [5.74, 6) is 7.53. The van der Waals surface area contributed by atoms with Gasteiger partial charge in [0.15, 0.2) is 5.75 Å². The number of pyridine rings is 1. The van der Waals surface area contributed by atoms with E-state index in [1.165, 1.54) is 17.2 Å². The summed E-state index contributed by atoms with van der Waals surface area (Å²) in [7, 11) is 3.44. The molecule has 2 amide bonds. The fourth-order valence-corrected chi connectivity index (χ4v) is 4.13. The molecule has 2 aliphatic rings. The predicted molar refractivity (Wildman–Crippen MR) is 135 cm³/mol. The van der Waals surface area contributed by atoms with Gasteiger partial charge in [0.2, 0.25) is 0 Å². The van der Waals surface area contributed by atoms with Crippen molar-refractivity contribution in [1.29, 1.82) is 0 Å². The van der Waals surface area contributed by atoms with E-state index in [4.69, 9.17) is 14.2 Å². The highest BCUT2D eigenvalue weighted by molar-refractivity contribution is 6.03. The highest BCUT2D eigenvalue weighted by atomic mass is 16.5. The number of nitrogens with zero attached hydrogens (tertiary/aromatic N) is 4. The molecule has 1 aromatic carbocycles. The van der Waals surface area contributed by atoms with Gasteiger partial charge in [-0.1, -0.05) is 11.8 Å². The number of aryl methyl sites for hydroxylation is 1. The number of ether oxygens (including phenoxy) is 3. The van der Waals surface area contributed by atoms with Crippen LogP contribution in [0.4, 0.5) is 5.69 Å². The van der Waals surface area contributed by atoms with Crippen molar-refractivity contribution >= 4 is 17.5 Å². The van der Waals surface area contributed by atoms with E-state index in [-0.39, 0.29) is 18.2 Å². The van der Waals surface area contributed by atoms with Crippen LogP contribution in [-0.2, 0) is 16.6 Å². The molecular formula is C27H27N5O5. The summed E-state index contributed by atoms with van der Waals surface area (Å²) in [6.07, 6.45) is 6.59. The van der Waals surface area contributed by atoms with Crippen LogP contribution >= 0.6 is 0 Å². The minimum absolute atomic E-state index is 0.0130. The molecule has 1 fully saturated rings. The Morgan fingerprint density at radius 2 is 2.00 bits per heavy atom. The molecule has 4 heterocycles. The zero-order valence-corrected chi connectivity index (χ0v) is 20.6. The van der Waals surface area contributed by atoms with Crippen LogP contribution in [0.5, 0.6) is 17.2 Å². The lowest BCUT2D eigenvalue weighted by Gasteiger charge is -2.20. The number of carbonyl (C=O) groups is 2. The average Bonchev–Trinajstić information content (AvgIpc) is 3.29. The molecule has 0 saturated carbocycles. The Balaban J connectivity index is 1.27. The van der Waals surface area contributed by atoms with Crippen LogP contribution in [0.3, 0.4) is 0 Å². The first-order chi connectivity index (χ1) is 18.0. The van der Waals surface area contributed by atoms with Gasteiger partial charge in [-0.3, -0.25) is 19.3 Å². The molecule has 0 radical (unpaired) electrons. The Morgan fingerprint density at radius 1 is 1.16 bits per heavy atom. The van der Waals surface area contributed by atoms with Crippen LogP contribution in [-0.4, -0.2) is 59.5 Å². The second-order valence-corrected chi connectivity index (χ2v) is 8.90. The second kappa shape index (κ2) is 10.7. The number of hydrogen-bond acceptors (Lipinski definition) is 7. The van der Waals surface area contributed by atoms with Gasteiger partial charge >= 0.3 is 0 Å². The number of fused-ring (bicyclic) bond motifs is 1. The Bertz CT molecular complexity index is 1370. The minimum Gasteiger partial charge on any atom is -0.489 e. The molecule has 1 N–H and O–H groups in total. The molecule has 0 spiro atoms. The molecule has 1 atom stereocenters. The molecule has 1 saturated heterocycles. The SMILES string of the molecule is CN1C(=O)C(NC(=O)c2cc(Oc3cnn(C)c3)ccn2)COc2ccc(C#CC3CCOCC3)cc21. The van der Waals surface area contributed by atoms with Crippen molar-refractivity contribution in [3.8, 4) is 29.1 Å². The Morgan fingerprint density at radius 3 is 2.78 bits per heavy atom. The van der Waals surface area contributed by atoms with Gasteiger partial charge in [-0.15, -0.1) is 0 Å². The third kappa shape index (κ3) is 5.73. The van der Waals surface area contributed by atoms with Gasteiger partial charge < -0.3 is 24.4 Å². The van der Waals surface area contributed by atoms with Crippen molar-refractivity contribution in [1.82, 2.24) is 20.1 Å². The first-order valence-electron chi connectivity index (χ1n) is 12.0. The number of carbonyl (C=O) groups excluding carboxylic acids is 2. The van der Waals surface area contributed by atoms with Crippen molar-refractivity contribution < 1.29 is 23.8 Å². The number of rotatable bonds is 4. The summed E-state index contributed by atoms with van der Waals surface area (Å²) in [6.45, 7) is 1.46. The smallest absolute Gasteiger partial charge is 0.270 e. The lowest BCUT2D eigenvalue weighted by Crippen LogP contribution is -2.49. The third-order valence-electron chi connectivity index (χ3n) is 6.18. The molecule has 37 heavy (non-hydrogen) atoms. The number of likely N-dealkylation sites (N-methyl/N-ethyl adjacent to an activating group) is 1. The fraction of sp³-hybridized carbons (Fsp3) is 0.333. The van der Waals surface area contributed by atoms with E-state index in [9.17, 15) is 9.59 Å². The lowest BCUT2D eigenvalue weighted by molar-refractivity contribution is -0.120. The summed E-state index contributed by atoms with van der Waals surface area (Å²) in [6, 6.07) is 7.76. The minimum atomic E-state index is -0.897. The average molecular weight is 502 g/mol. The van der Waals surface area contributed by atoms with Crippen LogP contribution < -0.4 is 19.7 Å². The molecule has 0 aliphatic carbocycles. The van der Waals surface area contributed by atoms with Crippen molar-refractivity contribution in [2.45, 2.75) is 18.9 Å². The quantitative estimate of drug-likeness (QED) is 0.548. The van der Waals surface area contributed by atoms with Gasteiger partial charge in [-0.05, 0) is 37.1 Å². The zero-order chi connectivity index (χ0) is 25.8. The van der Waals surface area contributed by atoms with Crippen molar-refractivity contribution in [3.05, 3.63) is 60.2 Å². The van der Waals surface area contributed by atoms with E-state index in [1.807, 2.05) is 12.1 Å². The Kier molecular flexibility index (Phi) is 7.05. The van der Waals surface area contributed by atoms with Crippen LogP contribution in [0, 0.1) is 17.8 Å². The Hall–Kier alpha value is -4.36. The maximum absolute atomic E-state index is 13.2. The second-order valence-electron chi connectivity index (χ2n) is 8.90. The van der Waals surface area contributed by atoms with Gasteiger partial charge in [0.25, 0.3) is 11.8 Å². The fourth-order valence-electron chi connectivity index (χ4n) is 4.13. The summed E-state index contributed by atoms with van der Waals surface area (Å²) in [4.78, 5) is 31.8. The number of amides is 2. The van der Waals surface area contributed by atoms with Gasteiger partial charge in [-0.2, -0.15) is 5.10 Å². The molecule has 1 unspecified atom stereocenters. The summed E-state index contributed by atoms with van der Waals surface area (Å²) in [5.41, 5.74) is 1.51. The highest BCUT2D eigenvalue weighted by Gasteiger charge is 2.31. The van der Waals surface area contributed by atoms with Crippen molar-refractivity contribution in [3.63, 3.8) is 0 Å². The van der Waals surface area contributed by atoms with Gasteiger partial charge in [0, 0.05) is 51.1 Å². The molecule has 10 heteroatoms. The summed E-state index contributed by atoms with van der Waals surface area (Å²) >= 11 is 0. The van der Waals surface area contributed by atoms with Crippen LogP contribution in [0.1, 0.15) is 28.9 Å². The number of nitrogens with one attached hydrogen (secondary N) is 1. The van der Waals surface area contributed by atoms with Crippen LogP contribution in [0.15, 0.2) is 48.9 Å². The summed E-state index contributed by atoms with van der Waals surface area (Å²) < 4.78 is 18.6. The maximum Gasteiger partial charge on any atom is 0.270 e. The molecule has 2 aliphatic heterocycles. The third-order valence-corrected chi connectivity index (χ3v) is 6.18. The first-order valence-corrected chi connectivity index (χ1v) is 12.0. The number of aromatic nitrogens is 3. The number of benzene rings is 1. The van der Waals surface area contributed by atoms with E-state index in [0.717, 1.165) is 31.6 Å². The van der Waals surface area contributed by atoms with E-state index in [2.05, 4.69) is 27.2 Å². The predicted octanol–water partition coefficient (Wildman–Crippen LogP) is 2.54. The molecule has 0 bridgehead atoms. The number of anilines is 1. The van der Waals surface area contributed by atoms with E-state index in [1.54, 1.807) is 43.3 Å². The van der Waals surface area contributed by atoms with E-state index in [0.29, 0.717) is 28.9 Å². The molecule has 2 aromatic heterocycles. The first kappa shape index (κ1) is 24.3. The molecule has 190 valence electrons. The zero-order valence-electron chi connectivity index (χ0n) is 20.6. The van der Waals surface area contributed by atoms with Crippen molar-refractivity contribution in [2.75, 3.05) is 31.8 Å². The van der Waals surface area contributed by atoms with Gasteiger partial charge in [0.05, 0.1) is 18.1 Å². The standard InChI is InChI=1S/C27H27N5O5/c1-31-16-21(15-29-31)37-20-7-10-28-22(14-20)26(33)30-23-17-36-25-6-5-19(13-24(25)32(2)27(23)34)4-3-18-8-11-35-12-9-18/h5-7,10,13-16,18,23H,8-9,11-12,17H2,1-2H3,(H,30,33). The monoisotopic (exact) mass is 501 g/mol. The normalized spacial score (nSPS) is 17.6. The van der Waals surface area contributed by atoms with Crippen LogP contribution in [0.2, 0.25) is 0 Å². The van der Waals surface area contributed by atoms with Gasteiger partial charge in [0.1, 0.15) is 29.8 Å². The summed E-state index contributed by atoms with van der Waals surface area (Å²) in [5, 5.41) is 6.79. The number of hydrogen-bond donors (Lipinski definition) is 1. The largest absolute Gasteiger partial charge is 0.489 e. The molecular weight excluding hydrogens is 474 g/mol. The lowest BCUT2D eigenvalue weighted by atomic mass is 10.0. The van der Waals surface area contributed by atoms with E-state index >= 15 is 0 Å². The maximum atomic E-state index is 13.2. The van der Waals surface area contributed by atoms with Crippen molar-refractivity contribution in [2.24, 2.45) is 13.0 Å². The van der Waals surface area contributed by atoms with E-state index < -0.39 is 11.9 Å². The molecule has 3 aromatic rings. The van der Waals surface area contributed by atoms with Gasteiger partial charge in [-0.25, -0.2) is 0 Å². The highest BCUT2D eigenvalue weighted by Crippen LogP contribution is 2.31. The topological polar surface area (TPSA) is 108 Å². The molecule has 10 nitrogen and oxygen atoms in total.